The van der Waals surface area contributed by atoms with E-state index in [4.69, 9.17) is 14.6 Å². The Morgan fingerprint density at radius 3 is 2.27 bits per heavy atom. The van der Waals surface area contributed by atoms with E-state index in [1.807, 2.05) is 23.1 Å². The fourth-order valence-corrected chi connectivity index (χ4v) is 3.52. The third kappa shape index (κ3) is 3.83. The van der Waals surface area contributed by atoms with Crippen molar-refractivity contribution in [2.45, 2.75) is 19.4 Å². The van der Waals surface area contributed by atoms with Crippen molar-refractivity contribution in [1.82, 2.24) is 4.90 Å². The van der Waals surface area contributed by atoms with E-state index in [1.165, 1.54) is 5.56 Å². The van der Waals surface area contributed by atoms with Crippen LogP contribution < -0.4 is 9.47 Å². The maximum Gasteiger partial charge on any atom is 0.261 e. The Morgan fingerprint density at radius 1 is 1.08 bits per heavy atom. The summed E-state index contributed by atoms with van der Waals surface area (Å²) in [6, 6.07) is 13.4. The Kier molecular flexibility index (Phi) is 5.78. The van der Waals surface area contributed by atoms with E-state index in [9.17, 15) is 4.79 Å². The number of methoxy groups -OCH3 is 2. The van der Waals surface area contributed by atoms with Gasteiger partial charge in [-0.05, 0) is 42.0 Å². The Bertz CT molecular complexity index is 735. The van der Waals surface area contributed by atoms with Crippen LogP contribution in [0.2, 0.25) is 0 Å². The van der Waals surface area contributed by atoms with Crippen LogP contribution in [0, 0.1) is 5.92 Å². The molecule has 0 spiro atoms. The second-order valence-corrected chi connectivity index (χ2v) is 6.62. The summed E-state index contributed by atoms with van der Waals surface area (Å²) in [7, 11) is 3.13. The average Bonchev–Trinajstić information content (AvgIpc) is 3.15. The molecule has 2 aromatic carbocycles. The molecule has 1 fully saturated rings. The molecule has 138 valence electrons. The van der Waals surface area contributed by atoms with Crippen molar-refractivity contribution in [2.24, 2.45) is 5.92 Å². The Labute approximate surface area is 154 Å². The highest BCUT2D eigenvalue weighted by Gasteiger charge is 2.30. The smallest absolute Gasteiger partial charge is 0.261 e. The van der Waals surface area contributed by atoms with Gasteiger partial charge in [-0.2, -0.15) is 0 Å². The number of benzene rings is 2. The van der Waals surface area contributed by atoms with Gasteiger partial charge in [0.1, 0.15) is 17.1 Å². The molecule has 1 aliphatic rings. The van der Waals surface area contributed by atoms with Crippen LogP contribution in [0.1, 0.15) is 27.9 Å². The van der Waals surface area contributed by atoms with Gasteiger partial charge < -0.3 is 19.5 Å². The summed E-state index contributed by atoms with van der Waals surface area (Å²) in [5.41, 5.74) is 2.64. The molecule has 26 heavy (non-hydrogen) atoms. The summed E-state index contributed by atoms with van der Waals surface area (Å²) in [5, 5.41) is 9.14. The molecule has 1 heterocycles. The summed E-state index contributed by atoms with van der Waals surface area (Å²) in [6.07, 6.45) is 1.91. The van der Waals surface area contributed by atoms with Crippen molar-refractivity contribution in [3.05, 3.63) is 59.2 Å². The molecule has 0 aromatic heterocycles. The Balaban J connectivity index is 1.69. The van der Waals surface area contributed by atoms with Crippen molar-refractivity contribution in [3.8, 4) is 11.5 Å². The van der Waals surface area contributed by atoms with Crippen molar-refractivity contribution < 1.29 is 19.4 Å². The zero-order valence-corrected chi connectivity index (χ0v) is 15.3. The van der Waals surface area contributed by atoms with Gasteiger partial charge in [-0.15, -0.1) is 0 Å². The number of carbonyl (C=O) groups is 1. The standard InChI is InChI=1S/C21H25NO4/c1-25-18-4-3-5-19(26-2)20(18)21(24)22-11-10-17(13-22)12-15-6-8-16(14-23)9-7-15/h3-9,17,23H,10-14H2,1-2H3. The monoisotopic (exact) mass is 355 g/mol. The number of likely N-dealkylation sites (tertiary alicyclic amines) is 1. The van der Waals surface area contributed by atoms with E-state index in [2.05, 4.69) is 12.1 Å². The highest BCUT2D eigenvalue weighted by Crippen LogP contribution is 2.31. The van der Waals surface area contributed by atoms with Crippen LogP contribution in [0.25, 0.3) is 0 Å². The van der Waals surface area contributed by atoms with Gasteiger partial charge in [0.05, 0.1) is 20.8 Å². The molecule has 0 bridgehead atoms. The van der Waals surface area contributed by atoms with E-state index in [0.29, 0.717) is 23.0 Å². The molecular formula is C21H25NO4. The third-order valence-electron chi connectivity index (χ3n) is 4.94. The van der Waals surface area contributed by atoms with E-state index < -0.39 is 0 Å². The predicted molar refractivity (Wildman–Crippen MR) is 99.6 cm³/mol. The summed E-state index contributed by atoms with van der Waals surface area (Å²) < 4.78 is 10.7. The summed E-state index contributed by atoms with van der Waals surface area (Å²) in [6.45, 7) is 1.52. The molecule has 0 aliphatic carbocycles. The van der Waals surface area contributed by atoms with Gasteiger partial charge in [0.15, 0.2) is 0 Å². The number of aliphatic hydroxyl groups is 1. The lowest BCUT2D eigenvalue weighted by Gasteiger charge is -2.20. The molecule has 5 nitrogen and oxygen atoms in total. The molecule has 3 rings (SSSR count). The fourth-order valence-electron chi connectivity index (χ4n) is 3.52. The Morgan fingerprint density at radius 2 is 1.69 bits per heavy atom. The summed E-state index contributed by atoms with van der Waals surface area (Å²) in [4.78, 5) is 14.9. The number of aliphatic hydroxyl groups excluding tert-OH is 1. The topological polar surface area (TPSA) is 59.0 Å². The number of carbonyl (C=O) groups excluding carboxylic acids is 1. The molecule has 5 heteroatoms. The van der Waals surface area contributed by atoms with Gasteiger partial charge in [-0.25, -0.2) is 0 Å². The minimum atomic E-state index is -0.0440. The zero-order chi connectivity index (χ0) is 18.5. The van der Waals surface area contributed by atoms with E-state index in [0.717, 1.165) is 31.5 Å². The van der Waals surface area contributed by atoms with E-state index in [-0.39, 0.29) is 12.5 Å². The summed E-state index contributed by atoms with van der Waals surface area (Å²) >= 11 is 0. The van der Waals surface area contributed by atoms with Gasteiger partial charge in [0, 0.05) is 13.1 Å². The van der Waals surface area contributed by atoms with Gasteiger partial charge in [-0.3, -0.25) is 4.79 Å². The first-order chi connectivity index (χ1) is 12.7. The molecule has 1 atom stereocenters. The molecule has 1 aliphatic heterocycles. The first-order valence-corrected chi connectivity index (χ1v) is 8.85. The van der Waals surface area contributed by atoms with E-state index in [1.54, 1.807) is 26.4 Å². The second-order valence-electron chi connectivity index (χ2n) is 6.62. The molecule has 2 aromatic rings. The minimum Gasteiger partial charge on any atom is -0.496 e. The molecule has 1 saturated heterocycles. The van der Waals surface area contributed by atoms with Gasteiger partial charge >= 0.3 is 0 Å². The molecule has 0 radical (unpaired) electrons. The predicted octanol–water partition coefficient (Wildman–Crippen LogP) is 2.90. The van der Waals surface area contributed by atoms with Crippen LogP contribution in [-0.4, -0.2) is 43.2 Å². The zero-order valence-electron chi connectivity index (χ0n) is 15.3. The van der Waals surface area contributed by atoms with Gasteiger partial charge in [0.25, 0.3) is 5.91 Å². The normalized spacial score (nSPS) is 16.6. The molecular weight excluding hydrogens is 330 g/mol. The van der Waals surface area contributed by atoms with Crippen LogP contribution in [0.15, 0.2) is 42.5 Å². The quantitative estimate of drug-likeness (QED) is 0.866. The van der Waals surface area contributed by atoms with Crippen LogP contribution in [0.3, 0.4) is 0 Å². The molecule has 1 N–H and O–H groups in total. The van der Waals surface area contributed by atoms with Crippen LogP contribution in [0.4, 0.5) is 0 Å². The number of nitrogens with zero attached hydrogens (tertiary/aromatic N) is 1. The van der Waals surface area contributed by atoms with Gasteiger partial charge in [0.2, 0.25) is 0 Å². The highest BCUT2D eigenvalue weighted by atomic mass is 16.5. The van der Waals surface area contributed by atoms with Gasteiger partial charge in [-0.1, -0.05) is 30.3 Å². The third-order valence-corrected chi connectivity index (χ3v) is 4.94. The van der Waals surface area contributed by atoms with Crippen LogP contribution in [0.5, 0.6) is 11.5 Å². The van der Waals surface area contributed by atoms with E-state index >= 15 is 0 Å². The van der Waals surface area contributed by atoms with Crippen molar-refractivity contribution in [3.63, 3.8) is 0 Å². The first-order valence-electron chi connectivity index (χ1n) is 8.85. The number of hydrogen-bond donors (Lipinski definition) is 1. The number of rotatable bonds is 6. The van der Waals surface area contributed by atoms with Crippen LogP contribution >= 0.6 is 0 Å². The molecule has 1 unspecified atom stereocenters. The molecule has 0 saturated carbocycles. The lowest BCUT2D eigenvalue weighted by atomic mass is 9.98. The first kappa shape index (κ1) is 18.3. The number of amides is 1. The van der Waals surface area contributed by atoms with Crippen molar-refractivity contribution >= 4 is 5.91 Å². The minimum absolute atomic E-state index is 0.0440. The maximum absolute atomic E-state index is 13.0. The number of hydrogen-bond acceptors (Lipinski definition) is 4. The average molecular weight is 355 g/mol. The highest BCUT2D eigenvalue weighted by molar-refractivity contribution is 5.99. The fraction of sp³-hybridized carbons (Fsp3) is 0.381. The largest absolute Gasteiger partial charge is 0.496 e. The SMILES string of the molecule is COc1cccc(OC)c1C(=O)N1CCC(Cc2ccc(CO)cc2)C1. The second kappa shape index (κ2) is 8.23. The number of ether oxygens (including phenoxy) is 2. The lowest BCUT2D eigenvalue weighted by molar-refractivity contribution is 0.0780. The maximum atomic E-state index is 13.0. The van der Waals surface area contributed by atoms with Crippen molar-refractivity contribution in [2.75, 3.05) is 27.3 Å². The van der Waals surface area contributed by atoms with Crippen molar-refractivity contribution in [1.29, 1.82) is 0 Å². The lowest BCUT2D eigenvalue weighted by Crippen LogP contribution is -2.29. The van der Waals surface area contributed by atoms with Crippen LogP contribution in [-0.2, 0) is 13.0 Å². The summed E-state index contributed by atoms with van der Waals surface area (Å²) in [5.74, 6) is 1.46. The molecule has 1 amide bonds. The Hall–Kier alpha value is -2.53.